The number of aromatic nitrogens is 1. The van der Waals surface area contributed by atoms with E-state index in [0.717, 1.165) is 10.3 Å². The van der Waals surface area contributed by atoms with Gasteiger partial charge in [-0.2, -0.15) is 9.64 Å². The summed E-state index contributed by atoms with van der Waals surface area (Å²) in [7, 11) is 0. The number of carbonyl (C=O) groups is 1. The van der Waals surface area contributed by atoms with Crippen molar-refractivity contribution in [1.82, 2.24) is 9.69 Å². The molecule has 0 radical (unpaired) electrons. The van der Waals surface area contributed by atoms with E-state index in [1.54, 1.807) is 12.1 Å². The summed E-state index contributed by atoms with van der Waals surface area (Å²) in [6.07, 6.45) is 0. The molecule has 3 aromatic rings. The van der Waals surface area contributed by atoms with Crippen LogP contribution in [0.5, 0.6) is 0 Å². The first kappa shape index (κ1) is 15.7. The fourth-order valence-corrected chi connectivity index (χ4v) is 3.03. The third-order valence-electron chi connectivity index (χ3n) is 3.47. The summed E-state index contributed by atoms with van der Waals surface area (Å²) in [5.74, 6) is -1.03. The smallest absolute Gasteiger partial charge is 0.266 e. The number of aliphatic hydroxyl groups is 1. The molecule has 0 aliphatic rings. The van der Waals surface area contributed by atoms with Crippen molar-refractivity contribution in [3.63, 3.8) is 0 Å². The van der Waals surface area contributed by atoms with Crippen molar-refractivity contribution in [2.45, 2.75) is 6.54 Å². The molecule has 0 unspecified atom stereocenters. The highest BCUT2D eigenvalue weighted by atomic mass is 32.1. The zero-order valence-corrected chi connectivity index (χ0v) is 13.4. The van der Waals surface area contributed by atoms with Crippen LogP contribution >= 0.6 is 11.5 Å². The molecule has 2 aromatic carbocycles. The normalized spacial score (nSPS) is 11.6. The van der Waals surface area contributed by atoms with Crippen LogP contribution in [0.2, 0.25) is 0 Å². The Labute approximate surface area is 142 Å². The molecule has 0 spiro atoms. The van der Waals surface area contributed by atoms with Gasteiger partial charge in [0.15, 0.2) is 11.3 Å². The first-order chi connectivity index (χ1) is 11.7. The summed E-state index contributed by atoms with van der Waals surface area (Å²) in [6, 6.07) is 18.4. The van der Waals surface area contributed by atoms with Gasteiger partial charge in [-0.05, 0) is 23.2 Å². The predicted octanol–water partition coefficient (Wildman–Crippen LogP) is 3.41. The Morgan fingerprint density at radius 3 is 2.62 bits per heavy atom. The van der Waals surface area contributed by atoms with Crippen LogP contribution < -0.4 is 5.32 Å². The lowest BCUT2D eigenvalue weighted by Gasteiger charge is -2.06. The Morgan fingerprint density at radius 1 is 1.17 bits per heavy atom. The standard InChI is InChI=1S/C18H13N3O2S/c19-10-14(18(23)20-11-12-6-2-1-3-7-12)17(22)16-13-8-4-5-9-15(13)24-21-16/h1-9,22H,11H2,(H,20,23). The van der Waals surface area contributed by atoms with Gasteiger partial charge in [0.2, 0.25) is 0 Å². The molecule has 0 saturated carbocycles. The monoisotopic (exact) mass is 335 g/mol. The Balaban J connectivity index is 1.87. The zero-order chi connectivity index (χ0) is 16.9. The minimum atomic E-state index is -0.629. The van der Waals surface area contributed by atoms with Crippen molar-refractivity contribution in [2.75, 3.05) is 0 Å². The highest BCUT2D eigenvalue weighted by Crippen LogP contribution is 2.27. The summed E-state index contributed by atoms with van der Waals surface area (Å²) in [5, 5.41) is 23.0. The van der Waals surface area contributed by atoms with Gasteiger partial charge in [0.25, 0.3) is 5.91 Å². The summed E-state index contributed by atoms with van der Waals surface area (Å²) in [4.78, 5) is 12.2. The predicted molar refractivity (Wildman–Crippen MR) is 93.1 cm³/mol. The first-order valence-corrected chi connectivity index (χ1v) is 7.98. The molecule has 6 heteroatoms. The molecule has 1 amide bonds. The number of aliphatic hydroxyl groups excluding tert-OH is 1. The van der Waals surface area contributed by atoms with Crippen LogP contribution in [0.3, 0.4) is 0 Å². The molecule has 0 fully saturated rings. The molecule has 3 rings (SSSR count). The number of amides is 1. The van der Waals surface area contributed by atoms with E-state index in [1.165, 1.54) is 11.5 Å². The minimum Gasteiger partial charge on any atom is -0.504 e. The second kappa shape index (κ2) is 6.94. The average molecular weight is 335 g/mol. The van der Waals surface area contributed by atoms with Crippen molar-refractivity contribution in [3.8, 4) is 6.07 Å². The fourth-order valence-electron chi connectivity index (χ4n) is 2.25. The minimum absolute atomic E-state index is 0.252. The van der Waals surface area contributed by atoms with Gasteiger partial charge in [0.05, 0.1) is 4.70 Å². The lowest BCUT2D eigenvalue weighted by Crippen LogP contribution is -2.24. The third-order valence-corrected chi connectivity index (χ3v) is 4.30. The van der Waals surface area contributed by atoms with Crippen LogP contribution in [0.25, 0.3) is 15.8 Å². The van der Waals surface area contributed by atoms with Crippen molar-refractivity contribution in [2.24, 2.45) is 0 Å². The number of carbonyl (C=O) groups excluding carboxylic acids is 1. The Morgan fingerprint density at radius 2 is 1.88 bits per heavy atom. The zero-order valence-electron chi connectivity index (χ0n) is 12.6. The number of nitriles is 1. The quantitative estimate of drug-likeness (QED) is 0.435. The van der Waals surface area contributed by atoms with Crippen LogP contribution in [0.1, 0.15) is 11.3 Å². The van der Waals surface area contributed by atoms with Crippen LogP contribution in [0.15, 0.2) is 60.2 Å². The molecule has 2 N–H and O–H groups in total. The molecule has 5 nitrogen and oxygen atoms in total. The van der Waals surface area contributed by atoms with Crippen molar-refractivity contribution in [3.05, 3.63) is 71.4 Å². The van der Waals surface area contributed by atoms with Crippen LogP contribution in [0.4, 0.5) is 0 Å². The Hall–Kier alpha value is -3.17. The molecule has 0 bridgehead atoms. The van der Waals surface area contributed by atoms with Crippen LogP contribution in [-0.2, 0) is 11.3 Å². The van der Waals surface area contributed by atoms with E-state index >= 15 is 0 Å². The fraction of sp³-hybridized carbons (Fsp3) is 0.0556. The van der Waals surface area contributed by atoms with Crippen molar-refractivity contribution >= 4 is 33.3 Å². The molecular formula is C18H13N3O2S. The molecule has 0 aliphatic carbocycles. The number of rotatable bonds is 4. The SMILES string of the molecule is N#CC(C(=O)NCc1ccccc1)=C(O)c1nsc2ccccc12. The molecule has 0 saturated heterocycles. The second-order valence-corrected chi connectivity index (χ2v) is 5.84. The first-order valence-electron chi connectivity index (χ1n) is 7.21. The van der Waals surface area contributed by atoms with Gasteiger partial charge in [-0.25, -0.2) is 0 Å². The van der Waals surface area contributed by atoms with E-state index < -0.39 is 11.7 Å². The lowest BCUT2D eigenvalue weighted by atomic mass is 10.1. The summed E-state index contributed by atoms with van der Waals surface area (Å²) >= 11 is 1.21. The van der Waals surface area contributed by atoms with Crippen molar-refractivity contribution in [1.29, 1.82) is 5.26 Å². The van der Waals surface area contributed by atoms with Gasteiger partial charge in [0, 0.05) is 11.9 Å². The highest BCUT2D eigenvalue weighted by Gasteiger charge is 2.20. The van der Waals surface area contributed by atoms with E-state index in [-0.39, 0.29) is 17.8 Å². The molecule has 0 aliphatic heterocycles. The topological polar surface area (TPSA) is 86.0 Å². The van der Waals surface area contributed by atoms with Gasteiger partial charge in [-0.3, -0.25) is 4.79 Å². The van der Waals surface area contributed by atoms with Crippen molar-refractivity contribution < 1.29 is 9.90 Å². The maximum Gasteiger partial charge on any atom is 0.266 e. The van der Waals surface area contributed by atoms with E-state index in [0.29, 0.717) is 5.39 Å². The summed E-state index contributed by atoms with van der Waals surface area (Å²) in [5.41, 5.74) is 0.811. The molecule has 118 valence electrons. The van der Waals surface area contributed by atoms with Gasteiger partial charge in [-0.15, -0.1) is 0 Å². The molecule has 0 atom stereocenters. The number of hydrogen-bond donors (Lipinski definition) is 2. The highest BCUT2D eigenvalue weighted by molar-refractivity contribution is 7.13. The van der Waals surface area contributed by atoms with Crippen LogP contribution in [-0.4, -0.2) is 15.4 Å². The maximum absolute atomic E-state index is 12.2. The maximum atomic E-state index is 12.2. The number of benzene rings is 2. The number of nitrogens with one attached hydrogen (secondary N) is 1. The van der Waals surface area contributed by atoms with Gasteiger partial charge in [0.1, 0.15) is 11.8 Å². The second-order valence-electron chi connectivity index (χ2n) is 5.03. The number of fused-ring (bicyclic) bond motifs is 1. The number of hydrogen-bond acceptors (Lipinski definition) is 5. The molecular weight excluding hydrogens is 322 g/mol. The average Bonchev–Trinajstić information content (AvgIpc) is 3.05. The van der Waals surface area contributed by atoms with E-state index in [2.05, 4.69) is 9.69 Å². The molecule has 24 heavy (non-hydrogen) atoms. The van der Waals surface area contributed by atoms with Gasteiger partial charge < -0.3 is 10.4 Å². The van der Waals surface area contributed by atoms with E-state index in [4.69, 9.17) is 0 Å². The Bertz CT molecular complexity index is 955. The van der Waals surface area contributed by atoms with Gasteiger partial charge in [-0.1, -0.05) is 48.5 Å². The lowest BCUT2D eigenvalue weighted by molar-refractivity contribution is -0.117. The number of nitrogens with zero attached hydrogens (tertiary/aromatic N) is 2. The van der Waals surface area contributed by atoms with E-state index in [9.17, 15) is 15.2 Å². The summed E-state index contributed by atoms with van der Waals surface area (Å²) < 4.78 is 5.04. The molecule has 1 aromatic heterocycles. The molecule has 1 heterocycles. The largest absolute Gasteiger partial charge is 0.504 e. The Kier molecular flexibility index (Phi) is 4.54. The third kappa shape index (κ3) is 3.12. The van der Waals surface area contributed by atoms with E-state index in [1.807, 2.05) is 48.5 Å². The van der Waals surface area contributed by atoms with Gasteiger partial charge >= 0.3 is 0 Å². The summed E-state index contributed by atoms with van der Waals surface area (Å²) in [6.45, 7) is 0.274. The van der Waals surface area contributed by atoms with Crippen LogP contribution in [0, 0.1) is 11.3 Å².